The molecule has 0 saturated carbocycles. The summed E-state index contributed by atoms with van der Waals surface area (Å²) in [6.07, 6.45) is -18.4. The van der Waals surface area contributed by atoms with Gasteiger partial charge in [-0.3, -0.25) is 24.7 Å². The lowest BCUT2D eigenvalue weighted by Gasteiger charge is -2.15. The normalized spacial score (nSPS) is 11.5. The Bertz CT molecular complexity index is 7000. The molecular formula is C105H87F25N14O3. The van der Waals surface area contributed by atoms with Gasteiger partial charge in [0, 0.05) is 109 Å². The summed E-state index contributed by atoms with van der Waals surface area (Å²) in [7, 11) is 2.69. The van der Waals surface area contributed by atoms with Crippen LogP contribution in [0.4, 0.5) is 133 Å². The summed E-state index contributed by atoms with van der Waals surface area (Å²) in [4.78, 5) is 49.3. The van der Waals surface area contributed by atoms with Crippen LogP contribution >= 0.6 is 0 Å². The number of esters is 1. The van der Waals surface area contributed by atoms with Crippen molar-refractivity contribution in [3.05, 3.63) is 388 Å². The molecule has 10 heterocycles. The highest BCUT2D eigenvalue weighted by Crippen LogP contribution is 2.43. The summed E-state index contributed by atoms with van der Waals surface area (Å²) in [6, 6.07) is 48.2. The van der Waals surface area contributed by atoms with Crippen LogP contribution in [0.25, 0.3) is 67.5 Å². The van der Waals surface area contributed by atoms with E-state index in [1.807, 2.05) is 26.8 Å². The lowest BCUT2D eigenvalue weighted by Crippen LogP contribution is -2.19. The number of pyridine rings is 10. The van der Waals surface area contributed by atoms with Gasteiger partial charge in [-0.05, 0) is 250 Å². The van der Waals surface area contributed by atoms with Gasteiger partial charge in [0.2, 0.25) is 0 Å². The number of methoxy groups -OCH3 is 2. The zero-order chi connectivity index (χ0) is 108. The molecule has 0 unspecified atom stereocenters. The first-order valence-corrected chi connectivity index (χ1v) is 43.8. The van der Waals surface area contributed by atoms with Crippen molar-refractivity contribution in [3.8, 4) is 73.3 Å². The number of rotatable bonds is 24. The molecule has 4 N–H and O–H groups in total. The summed E-state index contributed by atoms with van der Waals surface area (Å²) in [5.41, 5.74) is 0.636. The molecule has 770 valence electrons. The molecule has 0 saturated heterocycles. The van der Waals surface area contributed by atoms with Crippen molar-refractivity contribution in [1.29, 1.82) is 0 Å². The van der Waals surface area contributed by atoms with E-state index < -0.39 is 112 Å². The molecule has 42 heteroatoms. The molecular weight excluding hydrogens is 1980 g/mol. The quantitative estimate of drug-likeness (QED) is 0.0252. The fraction of sp³-hybridized carbons (Fsp3) is 0.210. The van der Waals surface area contributed by atoms with Crippen LogP contribution in [0.3, 0.4) is 0 Å². The van der Waals surface area contributed by atoms with Crippen LogP contribution in [0.1, 0.15) is 96.7 Å². The second-order valence-corrected chi connectivity index (χ2v) is 32.1. The second kappa shape index (κ2) is 50.0. The lowest BCUT2D eigenvalue weighted by atomic mass is 10.0. The molecule has 0 amide bonds. The number of hydrogen-bond donors (Lipinski definition) is 4. The van der Waals surface area contributed by atoms with E-state index >= 15 is 0 Å². The molecule has 0 aliphatic rings. The Labute approximate surface area is 825 Å². The van der Waals surface area contributed by atoms with Crippen LogP contribution in [0, 0.1) is 51.0 Å². The van der Waals surface area contributed by atoms with Crippen LogP contribution in [0.15, 0.2) is 275 Å². The smallest absolute Gasteiger partial charge is 0.435 e. The Morgan fingerprint density at radius 1 is 0.327 bits per heavy atom. The highest BCUT2D eigenvalue weighted by molar-refractivity contribution is 5.76. The zero-order valence-corrected chi connectivity index (χ0v) is 78.4. The Hall–Kier alpha value is -15.9. The number of alkyl halides is 21. The molecule has 10 aromatic heterocycles. The highest BCUT2D eigenvalue weighted by atomic mass is 19.4. The third kappa shape index (κ3) is 33.6. The maximum atomic E-state index is 13.7. The van der Waals surface area contributed by atoms with Crippen LogP contribution in [-0.4, -0.2) is 89.7 Å². The van der Waals surface area contributed by atoms with E-state index in [0.29, 0.717) is 46.2 Å². The van der Waals surface area contributed by atoms with Gasteiger partial charge < -0.3 is 30.7 Å². The van der Waals surface area contributed by atoms with Gasteiger partial charge in [0.1, 0.15) is 47.0 Å². The van der Waals surface area contributed by atoms with Crippen molar-refractivity contribution in [2.75, 3.05) is 55.1 Å². The average Bonchev–Trinajstić information content (AvgIpc) is 0.814. The lowest BCUT2D eigenvalue weighted by molar-refractivity contribution is -0.142. The first-order valence-electron chi connectivity index (χ1n) is 43.8. The van der Waals surface area contributed by atoms with Crippen molar-refractivity contribution < 1.29 is 124 Å². The maximum Gasteiger partial charge on any atom is 0.435 e. The van der Waals surface area contributed by atoms with Gasteiger partial charge in [0.05, 0.1) is 76.7 Å². The number of nitrogens with one attached hydrogen (secondary N) is 4. The predicted molar refractivity (Wildman–Crippen MR) is 504 cm³/mol. The van der Waals surface area contributed by atoms with Crippen molar-refractivity contribution >= 4 is 28.7 Å². The van der Waals surface area contributed by atoms with Crippen LogP contribution in [-0.2, 0) is 85.0 Å². The second-order valence-electron chi connectivity index (χ2n) is 32.1. The topological polar surface area (TPSA) is 213 Å². The van der Waals surface area contributed by atoms with Crippen LogP contribution < -0.4 is 26.0 Å². The first-order chi connectivity index (χ1) is 69.3. The van der Waals surface area contributed by atoms with E-state index in [2.05, 4.69) is 82.4 Å². The molecule has 0 spiro atoms. The van der Waals surface area contributed by atoms with E-state index in [-0.39, 0.29) is 130 Å². The monoisotopic (exact) mass is 2070 g/mol. The molecule has 17 nitrogen and oxygen atoms in total. The van der Waals surface area contributed by atoms with Gasteiger partial charge in [-0.1, -0.05) is 72.8 Å². The van der Waals surface area contributed by atoms with E-state index in [0.717, 1.165) is 65.3 Å². The number of anilines is 4. The standard InChI is InChI=1S/C21H14F7N.C20H13F6N.C20H18F3N3O.C15H14F3N3O2.C15H14F3N3.C14H14F3N3/c22-17-3-1-2-15(12-17)18-11-8-14(19(29-18)21(26,27)28)7-4-13-5-9-16(10-6-13)20(23,24)25;21-15-3-1-2-14(10-15)18-9-7-13(19(27-18)20(24,25)26)5-4-12-6-8-16(22)11-17(12)23;1-13-8-15(12-24-10-13)17-6-7-18(19(26-17)20(21,22)23)25-11-14-4-3-5-16(9-14)27-2;1-9-5-10(7-19-6-9)11-3-4-12(20-8-13(22)23-2)14(21-11)15(16,17)18;1-3-6-20-13-5-4-12(21-14(13)15(16,17)18)11-7-10(2)8-19-9-11;1-3-19-12-5-4-11(20-13(12)14(15,16)17)10-6-9(2)7-18-8-10/h1-3,5-6,8-12H,4,7H2;1-3,6-11H,4-5H2;3-10,12,25H,11H2,1-2H3;3-7,20H,8H2,1-2H3;3-5,7-9,20H,1,6H2,2H3;4-8,19H,3H2,1-2H3. The molecule has 0 atom stereocenters. The number of benzene rings is 5. The van der Waals surface area contributed by atoms with Crippen LogP contribution in [0.2, 0.25) is 0 Å². The number of carbonyl (C=O) groups is 1. The van der Waals surface area contributed by atoms with Gasteiger partial charge in [-0.25, -0.2) is 47.5 Å². The summed E-state index contributed by atoms with van der Waals surface area (Å²) in [5.74, 6) is -2.78. The third-order valence-electron chi connectivity index (χ3n) is 20.8. The molecule has 147 heavy (non-hydrogen) atoms. The Balaban J connectivity index is 0.000000181. The molecule has 0 aliphatic carbocycles. The maximum absolute atomic E-state index is 13.7. The minimum atomic E-state index is -4.72. The van der Waals surface area contributed by atoms with E-state index in [9.17, 15) is 115 Å². The fourth-order valence-corrected chi connectivity index (χ4v) is 13.9. The number of carbonyl (C=O) groups excluding carboxylic acids is 1. The minimum absolute atomic E-state index is 0.00985. The molecule has 0 radical (unpaired) electrons. The van der Waals surface area contributed by atoms with Gasteiger partial charge >= 0.3 is 49.2 Å². The number of hydrogen-bond acceptors (Lipinski definition) is 17. The highest BCUT2D eigenvalue weighted by Gasteiger charge is 2.42. The van der Waals surface area contributed by atoms with Crippen molar-refractivity contribution in [1.82, 2.24) is 49.8 Å². The summed E-state index contributed by atoms with van der Waals surface area (Å²) >= 11 is 0. The number of nitrogens with zero attached hydrogens (tertiary/aromatic N) is 10. The van der Waals surface area contributed by atoms with Crippen molar-refractivity contribution in [2.24, 2.45) is 0 Å². The Kier molecular flexibility index (Phi) is 38.5. The molecule has 0 fully saturated rings. The fourth-order valence-electron chi connectivity index (χ4n) is 13.9. The number of ether oxygens (including phenoxy) is 2. The zero-order valence-electron chi connectivity index (χ0n) is 78.4. The summed E-state index contributed by atoms with van der Waals surface area (Å²) < 4.78 is 340. The Morgan fingerprint density at radius 3 is 1.02 bits per heavy atom. The first kappa shape index (κ1) is 113. The third-order valence-corrected chi connectivity index (χ3v) is 20.8. The molecule has 15 aromatic rings. The largest absolute Gasteiger partial charge is 0.497 e. The Morgan fingerprint density at radius 2 is 0.667 bits per heavy atom. The number of aromatic nitrogens is 10. The molecule has 0 aliphatic heterocycles. The molecule has 0 bridgehead atoms. The minimum Gasteiger partial charge on any atom is -0.497 e. The SMILES string of the molecule is C=CCNc1ccc(-c2cncc(C)c2)nc1C(F)(F)F.CCNc1ccc(-c2cncc(C)c2)nc1C(F)(F)F.COC(=O)CNc1ccc(-c2cncc(C)c2)nc1C(F)(F)F.COc1cccc(CNc2ccc(-c3cncc(C)c3)nc2C(F)(F)F)c1.Fc1cccc(-c2ccc(CCc3ccc(C(F)(F)F)cc3)c(C(F)(F)F)n2)c1.Fc1cccc(-c2ccc(CCc3ccc(F)cc3F)c(C(F)(F)F)n2)c1. The van der Waals surface area contributed by atoms with Crippen LogP contribution in [0.5, 0.6) is 5.75 Å². The number of aryl methyl sites for hydroxylation is 8. The van der Waals surface area contributed by atoms with Gasteiger partial charge in [0.25, 0.3) is 0 Å². The van der Waals surface area contributed by atoms with Gasteiger partial charge in [0.15, 0.2) is 22.8 Å². The van der Waals surface area contributed by atoms with Crippen molar-refractivity contribution in [3.63, 3.8) is 0 Å². The van der Waals surface area contributed by atoms with E-state index in [4.69, 9.17) is 4.74 Å². The molecule has 5 aromatic carbocycles. The van der Waals surface area contributed by atoms with Gasteiger partial charge in [-0.15, -0.1) is 6.58 Å². The van der Waals surface area contributed by atoms with E-state index in [1.54, 1.807) is 93.2 Å². The number of halogens is 25. The summed E-state index contributed by atoms with van der Waals surface area (Å²) in [6.45, 7) is 12.9. The molecule has 15 rings (SSSR count). The van der Waals surface area contributed by atoms with Gasteiger partial charge in [-0.2, -0.15) is 92.2 Å². The predicted octanol–water partition coefficient (Wildman–Crippen LogP) is 28.8. The van der Waals surface area contributed by atoms with Crippen molar-refractivity contribution in [2.45, 2.75) is 110 Å². The van der Waals surface area contributed by atoms with E-state index in [1.165, 1.54) is 153 Å². The summed E-state index contributed by atoms with van der Waals surface area (Å²) in [5, 5.41) is 10.5. The average molecular weight is 2070 g/mol.